The van der Waals surface area contributed by atoms with Gasteiger partial charge >= 0.3 is 0 Å². The molecule has 1 rings (SSSR count). The third kappa shape index (κ3) is 3.90. The third-order valence-electron chi connectivity index (χ3n) is 1.91. The van der Waals surface area contributed by atoms with Crippen molar-refractivity contribution in [3.8, 4) is 0 Å². The number of Topliss-reactive ketones (excluding diaryl/α,β-unsaturated/α-hetero) is 1. The van der Waals surface area contributed by atoms with Crippen LogP contribution in [0.15, 0.2) is 27.8 Å². The van der Waals surface area contributed by atoms with Gasteiger partial charge in [0.1, 0.15) is 6.54 Å². The van der Waals surface area contributed by atoms with Crippen LogP contribution >= 0.6 is 15.9 Å². The number of halogens is 1. The van der Waals surface area contributed by atoms with Crippen molar-refractivity contribution in [2.45, 2.75) is 6.92 Å². The van der Waals surface area contributed by atoms with Gasteiger partial charge in [0.2, 0.25) is 5.91 Å². The van der Waals surface area contributed by atoms with E-state index in [-0.39, 0.29) is 12.3 Å². The van der Waals surface area contributed by atoms with E-state index in [4.69, 9.17) is 5.53 Å². The second-order valence-corrected chi connectivity index (χ2v) is 4.10. The van der Waals surface area contributed by atoms with E-state index in [0.717, 1.165) is 4.47 Å². The van der Waals surface area contributed by atoms with Crippen LogP contribution in [0.1, 0.15) is 17.3 Å². The normalized spacial score (nSPS) is 9.29. The molecule has 0 aliphatic heterocycles. The quantitative estimate of drug-likeness (QED) is 0.400. The topological polar surface area (TPSA) is 94.9 Å². The van der Waals surface area contributed by atoms with Crippen LogP contribution in [0.4, 0.5) is 5.69 Å². The van der Waals surface area contributed by atoms with Gasteiger partial charge in [0, 0.05) is 14.9 Å². The molecule has 0 atom stereocenters. The zero-order valence-corrected chi connectivity index (χ0v) is 10.6. The zero-order chi connectivity index (χ0) is 12.8. The fourth-order valence-corrected chi connectivity index (χ4v) is 1.56. The summed E-state index contributed by atoms with van der Waals surface area (Å²) < 4.78 is 0.746. The van der Waals surface area contributed by atoms with Crippen molar-refractivity contribution in [3.05, 3.63) is 38.7 Å². The van der Waals surface area contributed by atoms with Crippen LogP contribution in [-0.2, 0) is 4.79 Å². The summed E-state index contributed by atoms with van der Waals surface area (Å²) >= 11 is 3.24. The number of benzene rings is 1. The molecule has 17 heavy (non-hydrogen) atoms. The largest absolute Gasteiger partial charge is 0.325 e. The Kier molecular flexibility index (Phi) is 4.68. The van der Waals surface area contributed by atoms with E-state index >= 15 is 0 Å². The van der Waals surface area contributed by atoms with E-state index in [9.17, 15) is 9.59 Å². The van der Waals surface area contributed by atoms with Gasteiger partial charge in [0.15, 0.2) is 5.78 Å². The third-order valence-corrected chi connectivity index (χ3v) is 2.41. The number of anilines is 1. The predicted octanol–water partition coefficient (Wildman–Crippen LogP) is 2.90. The van der Waals surface area contributed by atoms with Gasteiger partial charge in [0.05, 0.1) is 5.69 Å². The lowest BCUT2D eigenvalue weighted by Crippen LogP contribution is -2.16. The summed E-state index contributed by atoms with van der Waals surface area (Å²) in [6, 6.07) is 4.93. The minimum Gasteiger partial charge on any atom is -0.325 e. The maximum absolute atomic E-state index is 11.4. The number of hydrogen-bond donors (Lipinski definition) is 1. The highest BCUT2D eigenvalue weighted by molar-refractivity contribution is 9.10. The number of nitrogens with zero attached hydrogens (tertiary/aromatic N) is 3. The average Bonchev–Trinajstić information content (AvgIpc) is 2.28. The Morgan fingerprint density at radius 1 is 1.53 bits per heavy atom. The molecule has 0 bridgehead atoms. The number of azide groups is 1. The summed E-state index contributed by atoms with van der Waals surface area (Å²) in [7, 11) is 0. The van der Waals surface area contributed by atoms with Crippen LogP contribution in [-0.4, -0.2) is 18.2 Å². The Hall–Kier alpha value is -1.85. The van der Waals surface area contributed by atoms with Crippen LogP contribution in [0.25, 0.3) is 10.4 Å². The van der Waals surface area contributed by atoms with E-state index in [1.807, 2.05) is 0 Å². The molecule has 7 heteroatoms. The van der Waals surface area contributed by atoms with Crippen molar-refractivity contribution in [1.82, 2.24) is 0 Å². The fourth-order valence-electron chi connectivity index (χ4n) is 1.20. The van der Waals surface area contributed by atoms with Crippen LogP contribution in [0, 0.1) is 0 Å². The zero-order valence-electron chi connectivity index (χ0n) is 8.98. The fraction of sp³-hybridized carbons (Fsp3) is 0.200. The molecule has 0 radical (unpaired) electrons. The average molecular weight is 297 g/mol. The van der Waals surface area contributed by atoms with Crippen molar-refractivity contribution in [3.63, 3.8) is 0 Å². The van der Waals surface area contributed by atoms with E-state index in [1.54, 1.807) is 18.2 Å². The summed E-state index contributed by atoms with van der Waals surface area (Å²) in [4.78, 5) is 25.2. The first-order valence-electron chi connectivity index (χ1n) is 4.66. The van der Waals surface area contributed by atoms with Crippen molar-refractivity contribution < 1.29 is 9.59 Å². The van der Waals surface area contributed by atoms with Crippen LogP contribution in [0.3, 0.4) is 0 Å². The van der Waals surface area contributed by atoms with Gasteiger partial charge in [-0.1, -0.05) is 21.0 Å². The minimum atomic E-state index is -0.465. The molecule has 0 fully saturated rings. The highest BCUT2D eigenvalue weighted by Crippen LogP contribution is 2.21. The molecule has 88 valence electrons. The summed E-state index contributed by atoms with van der Waals surface area (Å²) in [5.74, 6) is -0.627. The SMILES string of the molecule is CC(=O)c1cc(Br)ccc1NC(=O)CN=[N+]=[N-]. The van der Waals surface area contributed by atoms with E-state index in [1.165, 1.54) is 6.92 Å². The molecular formula is C10H9BrN4O2. The number of nitrogens with one attached hydrogen (secondary N) is 1. The molecule has 6 nitrogen and oxygen atoms in total. The van der Waals surface area contributed by atoms with Crippen LogP contribution in [0.5, 0.6) is 0 Å². The smallest absolute Gasteiger partial charge is 0.230 e. The predicted molar refractivity (Wildman–Crippen MR) is 66.8 cm³/mol. The van der Waals surface area contributed by atoms with E-state index in [0.29, 0.717) is 11.3 Å². The van der Waals surface area contributed by atoms with Gasteiger partial charge in [-0.05, 0) is 30.7 Å². The molecule has 0 spiro atoms. The molecule has 1 N–H and O–H groups in total. The number of ketones is 1. The molecule has 0 aliphatic carbocycles. The van der Waals surface area contributed by atoms with Crippen molar-refractivity contribution >= 4 is 33.3 Å². The second kappa shape index (κ2) is 6.03. The first-order valence-corrected chi connectivity index (χ1v) is 5.45. The monoisotopic (exact) mass is 296 g/mol. The molecular weight excluding hydrogens is 288 g/mol. The number of amides is 1. The summed E-state index contributed by atoms with van der Waals surface area (Å²) in [6.07, 6.45) is 0. The lowest BCUT2D eigenvalue weighted by molar-refractivity contribution is -0.114. The second-order valence-electron chi connectivity index (χ2n) is 3.18. The maximum Gasteiger partial charge on any atom is 0.230 e. The Bertz CT molecular complexity index is 509. The highest BCUT2D eigenvalue weighted by Gasteiger charge is 2.10. The molecule has 0 aromatic heterocycles. The molecule has 1 aromatic rings. The van der Waals surface area contributed by atoms with Gasteiger partial charge in [-0.3, -0.25) is 9.59 Å². The molecule has 0 aliphatic rings. The Labute approximate surface area is 106 Å². The van der Waals surface area contributed by atoms with Gasteiger partial charge in [-0.15, -0.1) is 0 Å². The van der Waals surface area contributed by atoms with Crippen LogP contribution in [0.2, 0.25) is 0 Å². The maximum atomic E-state index is 11.4. The molecule has 1 amide bonds. The lowest BCUT2D eigenvalue weighted by Gasteiger charge is -2.08. The molecule has 0 saturated heterocycles. The summed E-state index contributed by atoms with van der Waals surface area (Å²) in [5.41, 5.74) is 8.88. The van der Waals surface area contributed by atoms with Gasteiger partial charge < -0.3 is 5.32 Å². The number of carbonyl (C=O) groups excluding carboxylic acids is 2. The molecule has 1 aromatic carbocycles. The van der Waals surface area contributed by atoms with Crippen LogP contribution < -0.4 is 5.32 Å². The van der Waals surface area contributed by atoms with Gasteiger partial charge in [0.25, 0.3) is 0 Å². The summed E-state index contributed by atoms with van der Waals surface area (Å²) in [6.45, 7) is 1.11. The van der Waals surface area contributed by atoms with E-state index < -0.39 is 5.91 Å². The number of carbonyl (C=O) groups is 2. The molecule has 0 saturated carbocycles. The summed E-state index contributed by atoms with van der Waals surface area (Å²) in [5, 5.41) is 5.64. The van der Waals surface area contributed by atoms with Crippen molar-refractivity contribution in [1.29, 1.82) is 0 Å². The highest BCUT2D eigenvalue weighted by atomic mass is 79.9. The Balaban J connectivity index is 2.94. The van der Waals surface area contributed by atoms with Crippen molar-refractivity contribution in [2.24, 2.45) is 5.11 Å². The Morgan fingerprint density at radius 3 is 2.82 bits per heavy atom. The number of hydrogen-bond acceptors (Lipinski definition) is 3. The standard InChI is InChI=1S/C10H9BrN4O2/c1-6(16)8-4-7(11)2-3-9(8)14-10(17)5-13-15-12/h2-4H,5H2,1H3,(H,14,17). The first-order chi connectivity index (χ1) is 8.04. The van der Waals surface area contributed by atoms with E-state index in [2.05, 4.69) is 31.3 Å². The Morgan fingerprint density at radius 2 is 2.24 bits per heavy atom. The van der Waals surface area contributed by atoms with Crippen molar-refractivity contribution in [2.75, 3.05) is 11.9 Å². The minimum absolute atomic E-state index is 0.162. The lowest BCUT2D eigenvalue weighted by atomic mass is 10.1. The molecule has 0 heterocycles. The molecule has 0 unspecified atom stereocenters. The van der Waals surface area contributed by atoms with Gasteiger partial charge in [-0.25, -0.2) is 0 Å². The van der Waals surface area contributed by atoms with Gasteiger partial charge in [-0.2, -0.15) is 0 Å². The first kappa shape index (κ1) is 13.2. The number of rotatable bonds is 4.